The van der Waals surface area contributed by atoms with Crippen molar-refractivity contribution in [1.29, 1.82) is 5.26 Å². The predicted octanol–water partition coefficient (Wildman–Crippen LogP) is 4.21. The van der Waals surface area contributed by atoms with E-state index in [9.17, 15) is 18.0 Å². The minimum atomic E-state index is -4.41. The van der Waals surface area contributed by atoms with Gasteiger partial charge in [0.15, 0.2) is 5.82 Å². The standard InChI is InChI=1S/C24H28F3N5O3/c1-34-11-8-21-29-22(35-30-21)19-12-18(17-2-4-20(5-3-17)24(25,26)27)14-32(15-19)23(33)31-9-6-16(13-28)7-10-31/h2-5,16,18-19H,6-12,14-15H2,1H3. The molecular weight excluding hydrogens is 463 g/mol. The number of piperidine rings is 2. The third-order valence-electron chi connectivity index (χ3n) is 6.74. The zero-order valence-corrected chi connectivity index (χ0v) is 19.5. The molecule has 1 aromatic heterocycles. The zero-order chi connectivity index (χ0) is 25.0. The molecule has 35 heavy (non-hydrogen) atoms. The van der Waals surface area contributed by atoms with Crippen LogP contribution in [0, 0.1) is 17.2 Å². The second-order valence-corrected chi connectivity index (χ2v) is 9.12. The summed E-state index contributed by atoms with van der Waals surface area (Å²) in [6, 6.07) is 7.24. The van der Waals surface area contributed by atoms with Crippen molar-refractivity contribution < 1.29 is 27.2 Å². The van der Waals surface area contributed by atoms with Gasteiger partial charge in [0.25, 0.3) is 0 Å². The van der Waals surface area contributed by atoms with Crippen molar-refractivity contribution in [2.75, 3.05) is 39.9 Å². The number of halogens is 3. The van der Waals surface area contributed by atoms with Crippen molar-refractivity contribution >= 4 is 6.03 Å². The molecule has 4 rings (SSSR count). The van der Waals surface area contributed by atoms with Crippen LogP contribution in [0.3, 0.4) is 0 Å². The minimum Gasteiger partial charge on any atom is -0.384 e. The SMILES string of the molecule is COCCc1noc(C2CC(c3ccc(C(F)(F)F)cc3)CN(C(=O)N3CCC(C#N)CC3)C2)n1. The highest BCUT2D eigenvalue weighted by molar-refractivity contribution is 5.75. The molecule has 3 heterocycles. The first-order valence-electron chi connectivity index (χ1n) is 11.7. The monoisotopic (exact) mass is 491 g/mol. The fraction of sp³-hybridized carbons (Fsp3) is 0.583. The van der Waals surface area contributed by atoms with Crippen molar-refractivity contribution in [3.05, 3.63) is 47.1 Å². The van der Waals surface area contributed by atoms with E-state index in [0.717, 1.165) is 17.7 Å². The summed E-state index contributed by atoms with van der Waals surface area (Å²) >= 11 is 0. The summed E-state index contributed by atoms with van der Waals surface area (Å²) in [5.41, 5.74) is 0.0180. The third-order valence-corrected chi connectivity index (χ3v) is 6.74. The Hall–Kier alpha value is -3.13. The average molecular weight is 492 g/mol. The molecule has 2 saturated heterocycles. The number of rotatable bonds is 5. The van der Waals surface area contributed by atoms with E-state index in [1.54, 1.807) is 16.9 Å². The summed E-state index contributed by atoms with van der Waals surface area (Å²) in [6.07, 6.45) is -2.08. The molecule has 0 bridgehead atoms. The molecule has 0 spiro atoms. The lowest BCUT2D eigenvalue weighted by molar-refractivity contribution is -0.137. The van der Waals surface area contributed by atoms with Gasteiger partial charge in [0.05, 0.1) is 24.2 Å². The number of aromatic nitrogens is 2. The third kappa shape index (κ3) is 5.93. The van der Waals surface area contributed by atoms with Gasteiger partial charge in [-0.05, 0) is 37.0 Å². The summed E-state index contributed by atoms with van der Waals surface area (Å²) in [4.78, 5) is 21.3. The van der Waals surface area contributed by atoms with Gasteiger partial charge < -0.3 is 19.1 Å². The van der Waals surface area contributed by atoms with Crippen LogP contribution in [-0.4, -0.2) is 65.9 Å². The highest BCUT2D eigenvalue weighted by Crippen LogP contribution is 2.37. The highest BCUT2D eigenvalue weighted by Gasteiger charge is 2.37. The Morgan fingerprint density at radius 3 is 2.49 bits per heavy atom. The van der Waals surface area contributed by atoms with Crippen LogP contribution in [0.25, 0.3) is 0 Å². The molecule has 11 heteroatoms. The van der Waals surface area contributed by atoms with Crippen molar-refractivity contribution in [3.63, 3.8) is 0 Å². The smallest absolute Gasteiger partial charge is 0.384 e. The zero-order valence-electron chi connectivity index (χ0n) is 19.5. The van der Waals surface area contributed by atoms with Crippen LogP contribution < -0.4 is 0 Å². The fourth-order valence-electron chi connectivity index (χ4n) is 4.75. The topological polar surface area (TPSA) is 95.5 Å². The quantitative estimate of drug-likeness (QED) is 0.622. The molecule has 2 amide bonds. The van der Waals surface area contributed by atoms with Gasteiger partial charge in [-0.25, -0.2) is 4.79 Å². The molecule has 2 unspecified atom stereocenters. The summed E-state index contributed by atoms with van der Waals surface area (Å²) in [5.74, 6) is 0.437. The Morgan fingerprint density at radius 2 is 1.86 bits per heavy atom. The Labute approximate surface area is 201 Å². The molecule has 0 N–H and O–H groups in total. The Kier molecular flexibility index (Phi) is 7.60. The Bertz CT molecular complexity index is 1040. The second-order valence-electron chi connectivity index (χ2n) is 9.12. The normalized spacial score (nSPS) is 21.7. The largest absolute Gasteiger partial charge is 0.416 e. The maximum Gasteiger partial charge on any atom is 0.416 e. The van der Waals surface area contributed by atoms with Crippen molar-refractivity contribution in [1.82, 2.24) is 19.9 Å². The Morgan fingerprint density at radius 1 is 1.17 bits per heavy atom. The van der Waals surface area contributed by atoms with E-state index in [1.165, 1.54) is 12.1 Å². The van der Waals surface area contributed by atoms with Gasteiger partial charge in [-0.3, -0.25) is 0 Å². The molecule has 1 aromatic carbocycles. The molecule has 0 radical (unpaired) electrons. The number of benzene rings is 1. The van der Waals surface area contributed by atoms with Crippen molar-refractivity contribution in [3.8, 4) is 6.07 Å². The lowest BCUT2D eigenvalue weighted by atomic mass is 9.84. The van der Waals surface area contributed by atoms with E-state index < -0.39 is 11.7 Å². The average Bonchev–Trinajstić information content (AvgIpc) is 3.35. The maximum absolute atomic E-state index is 13.4. The van der Waals surface area contributed by atoms with Crippen molar-refractivity contribution in [2.45, 2.75) is 43.7 Å². The molecule has 0 saturated carbocycles. The highest BCUT2D eigenvalue weighted by atomic mass is 19.4. The first-order valence-corrected chi connectivity index (χ1v) is 11.7. The van der Waals surface area contributed by atoms with Gasteiger partial charge in [0, 0.05) is 51.5 Å². The van der Waals surface area contributed by atoms with Gasteiger partial charge in [-0.15, -0.1) is 0 Å². The number of nitriles is 1. The van der Waals surface area contributed by atoms with Crippen LogP contribution in [0.15, 0.2) is 28.8 Å². The van der Waals surface area contributed by atoms with Crippen LogP contribution in [0.1, 0.15) is 53.9 Å². The van der Waals surface area contributed by atoms with Gasteiger partial charge in [-0.1, -0.05) is 17.3 Å². The van der Waals surface area contributed by atoms with Crippen LogP contribution in [0.5, 0.6) is 0 Å². The summed E-state index contributed by atoms with van der Waals surface area (Å²) in [6.45, 7) is 2.21. The summed E-state index contributed by atoms with van der Waals surface area (Å²) < 4.78 is 49.7. The predicted molar refractivity (Wildman–Crippen MR) is 118 cm³/mol. The number of ether oxygens (including phenoxy) is 1. The van der Waals surface area contributed by atoms with Gasteiger partial charge in [-0.2, -0.15) is 23.4 Å². The molecule has 188 valence electrons. The number of hydrogen-bond acceptors (Lipinski definition) is 6. The maximum atomic E-state index is 13.4. The molecule has 2 fully saturated rings. The fourth-order valence-corrected chi connectivity index (χ4v) is 4.75. The van der Waals surface area contributed by atoms with E-state index in [-0.39, 0.29) is 23.8 Å². The van der Waals surface area contributed by atoms with Gasteiger partial charge >= 0.3 is 12.2 Å². The number of alkyl halides is 3. The van der Waals surface area contributed by atoms with Crippen LogP contribution in [0.2, 0.25) is 0 Å². The van der Waals surface area contributed by atoms with E-state index in [0.29, 0.717) is 70.2 Å². The number of urea groups is 1. The summed E-state index contributed by atoms with van der Waals surface area (Å²) in [5, 5.41) is 13.2. The first-order chi connectivity index (χ1) is 16.8. The van der Waals surface area contributed by atoms with E-state index in [4.69, 9.17) is 14.5 Å². The first kappa shape index (κ1) is 25.0. The Balaban J connectivity index is 1.55. The number of nitrogens with zero attached hydrogens (tertiary/aromatic N) is 5. The summed E-state index contributed by atoms with van der Waals surface area (Å²) in [7, 11) is 1.58. The second kappa shape index (κ2) is 10.6. The molecule has 2 aliphatic rings. The lowest BCUT2D eigenvalue weighted by Gasteiger charge is -2.40. The lowest BCUT2D eigenvalue weighted by Crippen LogP contribution is -2.51. The number of methoxy groups -OCH3 is 1. The van der Waals surface area contributed by atoms with E-state index in [1.807, 2.05) is 0 Å². The van der Waals surface area contributed by atoms with E-state index in [2.05, 4.69) is 16.2 Å². The van der Waals surface area contributed by atoms with Crippen LogP contribution in [0.4, 0.5) is 18.0 Å². The van der Waals surface area contributed by atoms with E-state index >= 15 is 0 Å². The van der Waals surface area contributed by atoms with Crippen molar-refractivity contribution in [2.24, 2.45) is 5.92 Å². The molecule has 8 nitrogen and oxygen atoms in total. The molecule has 2 aromatic rings. The van der Waals surface area contributed by atoms with Crippen LogP contribution in [-0.2, 0) is 17.3 Å². The number of hydrogen-bond donors (Lipinski definition) is 0. The van der Waals surface area contributed by atoms with Gasteiger partial charge in [0.2, 0.25) is 5.89 Å². The minimum absolute atomic E-state index is 0.0445. The number of likely N-dealkylation sites (tertiary alicyclic amines) is 2. The molecule has 2 aliphatic heterocycles. The number of carbonyl (C=O) groups is 1. The number of amides is 2. The van der Waals surface area contributed by atoms with Gasteiger partial charge in [0.1, 0.15) is 0 Å². The number of carbonyl (C=O) groups excluding carboxylic acids is 1. The molecule has 0 aliphatic carbocycles. The molecular formula is C24H28F3N5O3. The molecule has 2 atom stereocenters. The van der Waals surface area contributed by atoms with Crippen LogP contribution >= 0.6 is 0 Å².